The van der Waals surface area contributed by atoms with Gasteiger partial charge in [-0.2, -0.15) is 0 Å². The summed E-state index contributed by atoms with van der Waals surface area (Å²) in [5, 5.41) is 8.16. The van der Waals surface area contributed by atoms with Crippen LogP contribution in [-0.4, -0.2) is 23.6 Å². The second-order valence-electron chi connectivity index (χ2n) is 7.72. The van der Waals surface area contributed by atoms with Crippen LogP contribution in [0.25, 0.3) is 10.9 Å². The molecule has 4 rings (SSSR count). The van der Waals surface area contributed by atoms with Crippen molar-refractivity contribution in [3.05, 3.63) is 71.9 Å². The zero-order chi connectivity index (χ0) is 19.6. The highest BCUT2D eigenvalue weighted by molar-refractivity contribution is 5.83. The van der Waals surface area contributed by atoms with Crippen LogP contribution in [0.2, 0.25) is 0 Å². The first-order valence-electron chi connectivity index (χ1n) is 9.63. The molecule has 0 saturated heterocycles. The first-order valence-corrected chi connectivity index (χ1v) is 9.63. The number of benzene rings is 2. The average Bonchev–Trinajstić information content (AvgIpc) is 2.70. The number of aliphatic imine (C=N–C) groups is 1. The Hall–Kier alpha value is -3.08. The fourth-order valence-corrected chi connectivity index (χ4v) is 3.78. The predicted molar refractivity (Wildman–Crippen MR) is 114 cm³/mol. The van der Waals surface area contributed by atoms with Crippen LogP contribution < -0.4 is 15.4 Å². The van der Waals surface area contributed by atoms with Gasteiger partial charge >= 0.3 is 0 Å². The van der Waals surface area contributed by atoms with Crippen molar-refractivity contribution in [1.82, 2.24) is 15.6 Å². The summed E-state index contributed by atoms with van der Waals surface area (Å²) in [7, 11) is 1.80. The molecule has 28 heavy (non-hydrogen) atoms. The molecule has 2 aromatic carbocycles. The van der Waals surface area contributed by atoms with Gasteiger partial charge in [-0.3, -0.25) is 9.98 Å². The Kier molecular flexibility index (Phi) is 4.90. The number of nitrogens with one attached hydrogen (secondary N) is 2. The Morgan fingerprint density at radius 1 is 1.14 bits per heavy atom. The Bertz CT molecular complexity index is 1010. The van der Waals surface area contributed by atoms with Crippen molar-refractivity contribution in [1.29, 1.82) is 0 Å². The van der Waals surface area contributed by atoms with Crippen molar-refractivity contribution in [2.24, 2.45) is 4.99 Å². The SMILES string of the molecule is CN=C(NCc1cccc2cccnc12)NC1CC(C)(C)Oc2ccccc21. The van der Waals surface area contributed by atoms with Crippen LogP contribution in [0.5, 0.6) is 5.75 Å². The molecule has 1 aliphatic heterocycles. The number of para-hydroxylation sites is 2. The largest absolute Gasteiger partial charge is 0.487 e. The Morgan fingerprint density at radius 2 is 1.96 bits per heavy atom. The molecule has 1 aliphatic rings. The van der Waals surface area contributed by atoms with Crippen molar-refractivity contribution in [2.45, 2.75) is 38.5 Å². The molecule has 5 heteroatoms. The van der Waals surface area contributed by atoms with Gasteiger partial charge in [0.05, 0.1) is 11.6 Å². The predicted octanol–water partition coefficient (Wildman–Crippen LogP) is 4.20. The molecular formula is C23H26N4O. The summed E-state index contributed by atoms with van der Waals surface area (Å²) in [4.78, 5) is 8.96. The lowest BCUT2D eigenvalue weighted by Crippen LogP contribution is -2.45. The van der Waals surface area contributed by atoms with E-state index < -0.39 is 0 Å². The number of aromatic nitrogens is 1. The van der Waals surface area contributed by atoms with Gasteiger partial charge in [-0.1, -0.05) is 42.5 Å². The second kappa shape index (κ2) is 7.50. The topological polar surface area (TPSA) is 58.5 Å². The van der Waals surface area contributed by atoms with Gasteiger partial charge in [-0.05, 0) is 31.5 Å². The van der Waals surface area contributed by atoms with E-state index in [-0.39, 0.29) is 11.6 Å². The quantitative estimate of drug-likeness (QED) is 0.533. The molecule has 0 amide bonds. The summed E-state index contributed by atoms with van der Waals surface area (Å²) in [5.74, 6) is 1.70. The summed E-state index contributed by atoms with van der Waals surface area (Å²) in [5.41, 5.74) is 3.10. The first kappa shape index (κ1) is 18.3. The molecule has 5 nitrogen and oxygen atoms in total. The lowest BCUT2D eigenvalue weighted by atomic mass is 9.90. The van der Waals surface area contributed by atoms with Crippen molar-refractivity contribution in [2.75, 3.05) is 7.05 Å². The molecule has 0 saturated carbocycles. The number of hydrogen-bond acceptors (Lipinski definition) is 3. The van der Waals surface area contributed by atoms with Crippen molar-refractivity contribution in [3.63, 3.8) is 0 Å². The Balaban J connectivity index is 1.51. The van der Waals surface area contributed by atoms with E-state index in [9.17, 15) is 0 Å². The summed E-state index contributed by atoms with van der Waals surface area (Å²) in [6.45, 7) is 4.90. The standard InChI is InChI=1S/C23H26N4O/c1-23(2)14-19(18-11-4-5-12-20(18)28-23)27-22(24-3)26-15-17-9-6-8-16-10-7-13-25-21(16)17/h4-13,19H,14-15H2,1-3H3,(H2,24,26,27). The van der Waals surface area contributed by atoms with E-state index in [2.05, 4.69) is 64.8 Å². The number of rotatable bonds is 3. The molecule has 0 spiro atoms. The van der Waals surface area contributed by atoms with E-state index in [1.807, 2.05) is 30.5 Å². The van der Waals surface area contributed by atoms with Gasteiger partial charge in [0.25, 0.3) is 0 Å². The third kappa shape index (κ3) is 3.79. The minimum atomic E-state index is -0.232. The molecule has 3 aromatic rings. The fourth-order valence-electron chi connectivity index (χ4n) is 3.78. The van der Waals surface area contributed by atoms with Gasteiger partial charge in [0.1, 0.15) is 11.4 Å². The first-order chi connectivity index (χ1) is 13.6. The summed E-state index contributed by atoms with van der Waals surface area (Å²) >= 11 is 0. The van der Waals surface area contributed by atoms with E-state index in [0.717, 1.165) is 40.2 Å². The van der Waals surface area contributed by atoms with Crippen molar-refractivity contribution < 1.29 is 4.74 Å². The van der Waals surface area contributed by atoms with E-state index in [0.29, 0.717) is 6.54 Å². The van der Waals surface area contributed by atoms with E-state index in [1.165, 1.54) is 0 Å². The molecular weight excluding hydrogens is 348 g/mol. The smallest absolute Gasteiger partial charge is 0.191 e. The monoisotopic (exact) mass is 374 g/mol. The number of pyridine rings is 1. The van der Waals surface area contributed by atoms with E-state index in [1.54, 1.807) is 7.05 Å². The lowest BCUT2D eigenvalue weighted by Gasteiger charge is -2.38. The Labute approximate surface area is 165 Å². The minimum absolute atomic E-state index is 0.136. The van der Waals surface area contributed by atoms with Gasteiger partial charge in [-0.15, -0.1) is 0 Å². The van der Waals surface area contributed by atoms with Crippen LogP contribution in [-0.2, 0) is 6.54 Å². The van der Waals surface area contributed by atoms with Crippen molar-refractivity contribution >= 4 is 16.9 Å². The van der Waals surface area contributed by atoms with E-state index >= 15 is 0 Å². The highest BCUT2D eigenvalue weighted by atomic mass is 16.5. The summed E-state index contributed by atoms with van der Waals surface area (Å²) in [6.07, 6.45) is 2.69. The number of hydrogen-bond donors (Lipinski definition) is 2. The van der Waals surface area contributed by atoms with Gasteiger partial charge in [0.2, 0.25) is 0 Å². The maximum Gasteiger partial charge on any atom is 0.191 e. The van der Waals surface area contributed by atoms with Crippen LogP contribution in [0.15, 0.2) is 65.8 Å². The van der Waals surface area contributed by atoms with Crippen molar-refractivity contribution in [3.8, 4) is 5.75 Å². The minimum Gasteiger partial charge on any atom is -0.487 e. The molecule has 2 N–H and O–H groups in total. The van der Waals surface area contributed by atoms with Crippen LogP contribution in [0.3, 0.4) is 0 Å². The van der Waals surface area contributed by atoms with Crippen LogP contribution in [0, 0.1) is 0 Å². The number of nitrogens with zero attached hydrogens (tertiary/aromatic N) is 2. The van der Waals surface area contributed by atoms with Crippen LogP contribution >= 0.6 is 0 Å². The molecule has 0 radical (unpaired) electrons. The molecule has 1 unspecified atom stereocenters. The maximum absolute atomic E-state index is 6.13. The number of guanidine groups is 1. The number of fused-ring (bicyclic) bond motifs is 2. The van der Waals surface area contributed by atoms with Gasteiger partial charge in [0.15, 0.2) is 5.96 Å². The number of ether oxygens (including phenoxy) is 1. The molecule has 1 aromatic heterocycles. The maximum atomic E-state index is 6.13. The molecule has 0 aliphatic carbocycles. The lowest BCUT2D eigenvalue weighted by molar-refractivity contribution is 0.0694. The third-order valence-corrected chi connectivity index (χ3v) is 5.07. The molecule has 2 heterocycles. The molecule has 144 valence electrons. The zero-order valence-corrected chi connectivity index (χ0v) is 16.6. The second-order valence-corrected chi connectivity index (χ2v) is 7.72. The van der Waals surface area contributed by atoms with Crippen LogP contribution in [0.4, 0.5) is 0 Å². The molecule has 1 atom stereocenters. The Morgan fingerprint density at radius 3 is 2.82 bits per heavy atom. The van der Waals surface area contributed by atoms with E-state index in [4.69, 9.17) is 4.74 Å². The zero-order valence-electron chi connectivity index (χ0n) is 16.6. The third-order valence-electron chi connectivity index (χ3n) is 5.07. The summed E-state index contributed by atoms with van der Waals surface area (Å²) in [6, 6.07) is 18.6. The van der Waals surface area contributed by atoms with Gasteiger partial charge in [0, 0.05) is 37.2 Å². The van der Waals surface area contributed by atoms with Gasteiger partial charge in [-0.25, -0.2) is 0 Å². The molecule has 0 bridgehead atoms. The average molecular weight is 374 g/mol. The molecule has 0 fully saturated rings. The van der Waals surface area contributed by atoms with Gasteiger partial charge < -0.3 is 15.4 Å². The highest BCUT2D eigenvalue weighted by Gasteiger charge is 2.33. The normalized spacial score (nSPS) is 18.2. The fraction of sp³-hybridized carbons (Fsp3) is 0.304. The highest BCUT2D eigenvalue weighted by Crippen LogP contribution is 2.39. The van der Waals surface area contributed by atoms with Crippen LogP contribution in [0.1, 0.15) is 37.4 Å². The summed E-state index contributed by atoms with van der Waals surface area (Å²) < 4.78 is 6.13.